The minimum absolute atomic E-state index is 0.0192. The molecule has 0 radical (unpaired) electrons. The number of alkyl halides is 3. The number of fused-ring (bicyclic) bond motifs is 1. The van der Waals surface area contributed by atoms with Crippen LogP contribution in [0.5, 0.6) is 0 Å². The normalized spacial score (nSPS) is 15.2. The second-order valence-electron chi connectivity index (χ2n) is 5.35. The highest BCUT2D eigenvalue weighted by atomic mass is 19.4. The zero-order chi connectivity index (χ0) is 16.1. The molecule has 1 heterocycles. The van der Waals surface area contributed by atoms with Crippen molar-refractivity contribution in [3.05, 3.63) is 39.8 Å². The summed E-state index contributed by atoms with van der Waals surface area (Å²) < 4.78 is 39.5. The molecule has 3 rings (SSSR count). The summed E-state index contributed by atoms with van der Waals surface area (Å²) in [6.07, 6.45) is -2.89. The van der Waals surface area contributed by atoms with E-state index < -0.39 is 29.8 Å². The number of aromatic nitrogens is 2. The van der Waals surface area contributed by atoms with Gasteiger partial charge in [0.2, 0.25) is 5.91 Å². The van der Waals surface area contributed by atoms with Crippen molar-refractivity contribution in [2.24, 2.45) is 5.73 Å². The van der Waals surface area contributed by atoms with Crippen LogP contribution < -0.4 is 11.3 Å². The summed E-state index contributed by atoms with van der Waals surface area (Å²) in [5, 5.41) is 4.38. The van der Waals surface area contributed by atoms with E-state index in [1.165, 1.54) is 0 Å². The zero-order valence-corrected chi connectivity index (χ0v) is 11.4. The average Bonchev–Trinajstić information content (AvgIpc) is 3.24. The van der Waals surface area contributed by atoms with Gasteiger partial charge in [0.25, 0.3) is 5.56 Å². The van der Waals surface area contributed by atoms with Gasteiger partial charge in [-0.3, -0.25) is 9.59 Å². The van der Waals surface area contributed by atoms with E-state index in [2.05, 4.69) is 5.10 Å². The van der Waals surface area contributed by atoms with E-state index in [0.29, 0.717) is 5.69 Å². The molecule has 1 aliphatic carbocycles. The first-order chi connectivity index (χ1) is 10.3. The minimum Gasteiger partial charge on any atom is -0.368 e. The van der Waals surface area contributed by atoms with E-state index in [1.54, 1.807) is 0 Å². The van der Waals surface area contributed by atoms with Crippen molar-refractivity contribution in [2.75, 3.05) is 0 Å². The molecule has 1 saturated carbocycles. The number of primary amides is 1. The highest BCUT2D eigenvalue weighted by Gasteiger charge is 2.33. The first-order valence-electron chi connectivity index (χ1n) is 6.67. The zero-order valence-electron chi connectivity index (χ0n) is 11.4. The lowest BCUT2D eigenvalue weighted by atomic mass is 10.0. The van der Waals surface area contributed by atoms with Gasteiger partial charge in [-0.1, -0.05) is 0 Å². The van der Waals surface area contributed by atoms with Crippen molar-refractivity contribution >= 4 is 16.7 Å². The Morgan fingerprint density at radius 3 is 2.55 bits per heavy atom. The number of carbonyl (C=O) groups is 1. The third-order valence-corrected chi connectivity index (χ3v) is 3.59. The van der Waals surface area contributed by atoms with Gasteiger partial charge in [-0.15, -0.1) is 0 Å². The summed E-state index contributed by atoms with van der Waals surface area (Å²) in [4.78, 5) is 23.2. The fourth-order valence-electron chi connectivity index (χ4n) is 2.40. The van der Waals surface area contributed by atoms with E-state index >= 15 is 0 Å². The largest absolute Gasteiger partial charge is 0.416 e. The van der Waals surface area contributed by atoms with Crippen LogP contribution in [0, 0.1) is 0 Å². The maximum absolute atomic E-state index is 12.9. The van der Waals surface area contributed by atoms with Gasteiger partial charge in [-0.2, -0.15) is 18.3 Å². The van der Waals surface area contributed by atoms with Crippen LogP contribution in [-0.4, -0.2) is 15.7 Å². The number of halogens is 3. The van der Waals surface area contributed by atoms with Crippen molar-refractivity contribution in [3.63, 3.8) is 0 Å². The molecule has 0 unspecified atom stereocenters. The highest BCUT2D eigenvalue weighted by molar-refractivity contribution is 5.85. The summed E-state index contributed by atoms with van der Waals surface area (Å²) in [7, 11) is 0. The topological polar surface area (TPSA) is 78.0 Å². The second-order valence-corrected chi connectivity index (χ2v) is 5.35. The summed E-state index contributed by atoms with van der Waals surface area (Å²) in [5.74, 6) is -0.715. The molecule has 2 N–H and O–H groups in total. The fraction of sp³-hybridized carbons (Fsp3) is 0.357. The van der Waals surface area contributed by atoms with E-state index in [4.69, 9.17) is 5.73 Å². The SMILES string of the molecule is NC(=O)Cn1nc(C2CC2)c2cc(C(F)(F)F)ccc2c1=O. The Morgan fingerprint density at radius 1 is 1.32 bits per heavy atom. The molecule has 0 saturated heterocycles. The van der Waals surface area contributed by atoms with Crippen molar-refractivity contribution < 1.29 is 18.0 Å². The predicted molar refractivity (Wildman–Crippen MR) is 72.2 cm³/mol. The minimum atomic E-state index is -4.49. The maximum atomic E-state index is 12.9. The molecule has 1 aromatic carbocycles. The fourth-order valence-corrected chi connectivity index (χ4v) is 2.40. The molecule has 0 atom stereocenters. The number of rotatable bonds is 3. The smallest absolute Gasteiger partial charge is 0.368 e. The molecule has 116 valence electrons. The Hall–Kier alpha value is -2.38. The van der Waals surface area contributed by atoms with Gasteiger partial charge in [0.1, 0.15) is 6.54 Å². The Morgan fingerprint density at radius 2 is 2.00 bits per heavy atom. The second kappa shape index (κ2) is 4.82. The molecule has 1 fully saturated rings. The maximum Gasteiger partial charge on any atom is 0.416 e. The molecule has 0 spiro atoms. The number of nitrogens with two attached hydrogens (primary N) is 1. The van der Waals surface area contributed by atoms with E-state index in [0.717, 1.165) is 35.7 Å². The third kappa shape index (κ3) is 2.56. The summed E-state index contributed by atoms with van der Waals surface area (Å²) >= 11 is 0. The average molecular weight is 311 g/mol. The molecule has 1 amide bonds. The first kappa shape index (κ1) is 14.6. The van der Waals surface area contributed by atoms with Crippen molar-refractivity contribution in [1.29, 1.82) is 0 Å². The Bertz CT molecular complexity index is 822. The molecule has 0 aliphatic heterocycles. The predicted octanol–water partition coefficient (Wildman–Crippen LogP) is 1.78. The molecule has 22 heavy (non-hydrogen) atoms. The Labute approximate surface area is 122 Å². The Kier molecular flexibility index (Phi) is 3.19. The van der Waals surface area contributed by atoms with Crippen LogP contribution in [0.2, 0.25) is 0 Å². The van der Waals surface area contributed by atoms with Crippen LogP contribution in [0.15, 0.2) is 23.0 Å². The van der Waals surface area contributed by atoms with Crippen LogP contribution in [0.3, 0.4) is 0 Å². The van der Waals surface area contributed by atoms with Gasteiger partial charge < -0.3 is 5.73 Å². The summed E-state index contributed by atoms with van der Waals surface area (Å²) in [6, 6.07) is 2.94. The number of nitrogens with zero attached hydrogens (tertiary/aromatic N) is 2. The molecule has 0 bridgehead atoms. The first-order valence-corrected chi connectivity index (χ1v) is 6.67. The van der Waals surface area contributed by atoms with Crippen molar-refractivity contribution in [2.45, 2.75) is 31.5 Å². The van der Waals surface area contributed by atoms with Gasteiger partial charge in [0.15, 0.2) is 0 Å². The van der Waals surface area contributed by atoms with Crippen LogP contribution in [0.1, 0.15) is 30.0 Å². The lowest BCUT2D eigenvalue weighted by Crippen LogP contribution is -2.31. The van der Waals surface area contributed by atoms with Crippen molar-refractivity contribution in [1.82, 2.24) is 9.78 Å². The quantitative estimate of drug-likeness (QED) is 0.938. The number of amides is 1. The number of benzene rings is 1. The number of carbonyl (C=O) groups excluding carboxylic acids is 1. The molecule has 1 aromatic heterocycles. The number of hydrogen-bond donors (Lipinski definition) is 1. The van der Waals surface area contributed by atoms with Gasteiger partial charge in [0.05, 0.1) is 16.6 Å². The van der Waals surface area contributed by atoms with Gasteiger partial charge in [-0.25, -0.2) is 4.68 Å². The molecular weight excluding hydrogens is 299 g/mol. The van der Waals surface area contributed by atoms with Gasteiger partial charge in [-0.05, 0) is 31.0 Å². The highest BCUT2D eigenvalue weighted by Crippen LogP contribution is 2.42. The molecule has 5 nitrogen and oxygen atoms in total. The van der Waals surface area contributed by atoms with Gasteiger partial charge >= 0.3 is 6.18 Å². The molecular formula is C14H12F3N3O2. The molecule has 1 aliphatic rings. The van der Waals surface area contributed by atoms with E-state index in [1.807, 2.05) is 0 Å². The monoisotopic (exact) mass is 311 g/mol. The number of hydrogen-bond acceptors (Lipinski definition) is 3. The van der Waals surface area contributed by atoms with Crippen molar-refractivity contribution in [3.8, 4) is 0 Å². The summed E-state index contributed by atoms with van der Waals surface area (Å²) in [5.41, 5.74) is 4.05. The third-order valence-electron chi connectivity index (χ3n) is 3.59. The molecule has 2 aromatic rings. The van der Waals surface area contributed by atoms with Crippen LogP contribution in [-0.2, 0) is 17.5 Å². The standard InChI is InChI=1S/C14H12F3N3O2/c15-14(16,17)8-3-4-9-10(5-8)12(7-1-2-7)19-20(13(9)22)6-11(18)21/h3-5,7H,1-2,6H2,(H2,18,21). The van der Waals surface area contributed by atoms with Crippen LogP contribution in [0.4, 0.5) is 13.2 Å². The van der Waals surface area contributed by atoms with E-state index in [-0.39, 0.29) is 16.7 Å². The summed E-state index contributed by atoms with van der Waals surface area (Å²) in [6.45, 7) is -0.393. The lowest BCUT2D eigenvalue weighted by Gasteiger charge is -2.12. The van der Waals surface area contributed by atoms with Gasteiger partial charge in [0, 0.05) is 11.3 Å². The lowest BCUT2D eigenvalue weighted by molar-refractivity contribution is -0.137. The molecule has 8 heteroatoms. The van der Waals surface area contributed by atoms with Crippen LogP contribution in [0.25, 0.3) is 10.8 Å². The van der Waals surface area contributed by atoms with E-state index in [9.17, 15) is 22.8 Å². The van der Waals surface area contributed by atoms with Crippen LogP contribution >= 0.6 is 0 Å². The Balaban J connectivity index is 2.27.